The molecule has 0 aliphatic heterocycles. The van der Waals surface area contributed by atoms with Gasteiger partial charge in [-0.3, -0.25) is 4.21 Å². The average Bonchev–Trinajstić information content (AvgIpc) is 2.29. The number of rotatable bonds is 4. The molecule has 0 aromatic carbocycles. The fourth-order valence-electron chi connectivity index (χ4n) is 0.498. The topological polar surface area (TPSA) is 138 Å². The second kappa shape index (κ2) is 29.0. The smallest absolute Gasteiger partial charge is 0.784 e. The number of carboxylic acid groups (broad SMARTS) is 2. The molecule has 0 aliphatic rings. The van der Waals surface area contributed by atoms with Crippen molar-refractivity contribution in [3.63, 3.8) is 0 Å². The molecular weight excluding hydrogens is 334 g/mol. The van der Waals surface area contributed by atoms with E-state index in [0.717, 1.165) is 12.2 Å². The van der Waals surface area contributed by atoms with E-state index in [4.69, 9.17) is 23.5 Å². The van der Waals surface area contributed by atoms with E-state index < -0.39 is 23.3 Å². The minimum absolute atomic E-state index is 0. The molecule has 0 bridgehead atoms. The van der Waals surface area contributed by atoms with Crippen molar-refractivity contribution in [3.05, 3.63) is 48.6 Å². The van der Waals surface area contributed by atoms with Gasteiger partial charge in [0.1, 0.15) is 0 Å². The van der Waals surface area contributed by atoms with Crippen molar-refractivity contribution < 1.29 is 92.2 Å². The molecule has 0 spiro atoms. The van der Waals surface area contributed by atoms with Crippen LogP contribution >= 0.6 is 0 Å². The summed E-state index contributed by atoms with van der Waals surface area (Å²) in [5, 5.41) is 16.0. The zero-order valence-corrected chi connectivity index (χ0v) is 17.8. The number of carbonyl (C=O) groups is 2. The van der Waals surface area contributed by atoms with Gasteiger partial charge in [-0.05, 0) is 13.8 Å². The molecule has 0 aliphatic carbocycles. The average molecular weight is 350 g/mol. The summed E-state index contributed by atoms with van der Waals surface area (Å²) < 4.78 is 25.3. The molecule has 0 heterocycles. The number of hydrogen-bond acceptors (Lipinski definition) is 5. The second-order valence-corrected chi connectivity index (χ2v) is 3.06. The van der Waals surface area contributed by atoms with E-state index in [0.29, 0.717) is 0 Å². The van der Waals surface area contributed by atoms with Crippen LogP contribution in [0, 0.1) is 0 Å². The molecule has 2 N–H and O–H groups in total. The molecule has 0 aromatic heterocycles. The van der Waals surface area contributed by atoms with Gasteiger partial charge in [-0.15, -0.1) is 11.4 Å². The van der Waals surface area contributed by atoms with Gasteiger partial charge in [0.2, 0.25) is 0 Å². The fraction of sp³-hybridized carbons (Fsp3) is 0.167. The van der Waals surface area contributed by atoms with Crippen LogP contribution in [0.3, 0.4) is 0 Å². The predicted octanol–water partition coefficient (Wildman–Crippen LogP) is -4.59. The second-order valence-electron chi connectivity index (χ2n) is 2.65. The zero-order valence-electron chi connectivity index (χ0n) is 13.0. The Hall–Kier alpha value is -0.0300. The van der Waals surface area contributed by atoms with Crippen molar-refractivity contribution >= 4 is 23.3 Å². The van der Waals surface area contributed by atoms with E-state index in [2.05, 4.69) is 0 Å². The summed E-state index contributed by atoms with van der Waals surface area (Å²) in [6, 6.07) is 0. The maximum atomic E-state index is 9.75. The third-order valence-electron chi connectivity index (χ3n) is 1.08. The SMILES string of the molecule is CC=CC=CC(=O)O.CC=CC=CC(=O)O.O=S([O-])[O-].[Na+].[Na+]. The normalized spacial score (nSPS) is 9.68. The van der Waals surface area contributed by atoms with Gasteiger partial charge >= 0.3 is 71.1 Å². The first-order chi connectivity index (χ1) is 9.27. The van der Waals surface area contributed by atoms with Crippen LogP contribution in [0.4, 0.5) is 0 Å². The molecule has 114 valence electrons. The van der Waals surface area contributed by atoms with Crippen molar-refractivity contribution in [3.8, 4) is 0 Å². The summed E-state index contributed by atoms with van der Waals surface area (Å²) in [5.41, 5.74) is 0. The van der Waals surface area contributed by atoms with Gasteiger partial charge in [0.25, 0.3) is 0 Å². The van der Waals surface area contributed by atoms with Gasteiger partial charge < -0.3 is 19.3 Å². The molecule has 10 heteroatoms. The van der Waals surface area contributed by atoms with Gasteiger partial charge in [0.15, 0.2) is 0 Å². The molecular formula is C12H16Na2O7S. The van der Waals surface area contributed by atoms with Crippen LogP contribution in [-0.4, -0.2) is 35.5 Å². The molecule has 0 fully saturated rings. The molecule has 0 radical (unpaired) electrons. The minimum atomic E-state index is -3.11. The van der Waals surface area contributed by atoms with Gasteiger partial charge in [-0.1, -0.05) is 36.5 Å². The molecule has 7 nitrogen and oxygen atoms in total. The van der Waals surface area contributed by atoms with Crippen LogP contribution in [0.2, 0.25) is 0 Å². The van der Waals surface area contributed by atoms with Gasteiger partial charge in [0.05, 0.1) is 0 Å². The van der Waals surface area contributed by atoms with E-state index in [-0.39, 0.29) is 59.1 Å². The van der Waals surface area contributed by atoms with Gasteiger partial charge in [-0.2, -0.15) is 0 Å². The Morgan fingerprint density at radius 2 is 1.05 bits per heavy atom. The maximum absolute atomic E-state index is 9.75. The molecule has 0 aromatic rings. The van der Waals surface area contributed by atoms with Crippen LogP contribution in [0.15, 0.2) is 48.6 Å². The van der Waals surface area contributed by atoms with Gasteiger partial charge in [0, 0.05) is 12.2 Å². The summed E-state index contributed by atoms with van der Waals surface area (Å²) in [6.45, 7) is 3.65. The number of aliphatic carboxylic acids is 2. The van der Waals surface area contributed by atoms with E-state index in [1.54, 1.807) is 24.3 Å². The summed E-state index contributed by atoms with van der Waals surface area (Å²) in [5.74, 6) is -1.83. The Labute approximate surface area is 176 Å². The molecule has 0 saturated heterocycles. The maximum Gasteiger partial charge on any atom is 1.00 e. The summed E-state index contributed by atoms with van der Waals surface area (Å²) in [7, 11) is 0. The van der Waals surface area contributed by atoms with Crippen LogP contribution in [0.5, 0.6) is 0 Å². The molecule has 0 unspecified atom stereocenters. The Morgan fingerprint density at radius 3 is 1.18 bits per heavy atom. The quantitative estimate of drug-likeness (QED) is 0.225. The van der Waals surface area contributed by atoms with Crippen LogP contribution in [0.1, 0.15) is 13.8 Å². The molecule has 0 rings (SSSR count). The molecule has 0 amide bonds. The first-order valence-corrected chi connectivity index (χ1v) is 6.09. The Bertz CT molecular complexity index is 368. The summed E-state index contributed by atoms with van der Waals surface area (Å²) in [6.07, 6.45) is 12.0. The first-order valence-electron chi connectivity index (χ1n) is 5.09. The monoisotopic (exact) mass is 350 g/mol. The third kappa shape index (κ3) is 72.3. The van der Waals surface area contributed by atoms with E-state index >= 15 is 0 Å². The fourth-order valence-corrected chi connectivity index (χ4v) is 0.498. The molecule has 0 saturated carbocycles. The number of allylic oxidation sites excluding steroid dienone is 6. The number of carboxylic acids is 2. The van der Waals surface area contributed by atoms with E-state index in [1.807, 2.05) is 13.8 Å². The van der Waals surface area contributed by atoms with E-state index in [1.165, 1.54) is 12.2 Å². The summed E-state index contributed by atoms with van der Waals surface area (Å²) >= 11 is -3.11. The zero-order chi connectivity index (χ0) is 16.4. The van der Waals surface area contributed by atoms with Crippen molar-refractivity contribution in [1.82, 2.24) is 0 Å². The van der Waals surface area contributed by atoms with Crippen LogP contribution in [-0.2, 0) is 21.0 Å². The standard InChI is InChI=1S/2C6H8O2.2Na.H2O3S/c2*1-2-3-4-5-6(7)8;;;1-4(2)3/h2*2-5H,1H3,(H,7,8);;;(H2,1,2,3)/q;;2*+1;/p-2. The van der Waals surface area contributed by atoms with Crippen LogP contribution < -0.4 is 59.1 Å². The molecule has 22 heavy (non-hydrogen) atoms. The van der Waals surface area contributed by atoms with Crippen molar-refractivity contribution in [2.45, 2.75) is 13.8 Å². The van der Waals surface area contributed by atoms with Crippen molar-refractivity contribution in [2.75, 3.05) is 0 Å². The largest absolute Gasteiger partial charge is 1.00 e. The Kier molecular flexibility index (Phi) is 44.3. The Balaban J connectivity index is -0.0000000661. The van der Waals surface area contributed by atoms with Crippen molar-refractivity contribution in [1.29, 1.82) is 0 Å². The van der Waals surface area contributed by atoms with Crippen molar-refractivity contribution in [2.24, 2.45) is 0 Å². The molecule has 0 atom stereocenters. The van der Waals surface area contributed by atoms with Gasteiger partial charge in [-0.25, -0.2) is 9.59 Å². The number of hydrogen-bond donors (Lipinski definition) is 2. The minimum Gasteiger partial charge on any atom is -0.784 e. The third-order valence-corrected chi connectivity index (χ3v) is 1.08. The van der Waals surface area contributed by atoms with Crippen LogP contribution in [0.25, 0.3) is 0 Å². The van der Waals surface area contributed by atoms with E-state index in [9.17, 15) is 9.59 Å². The first kappa shape index (κ1) is 33.5. The Morgan fingerprint density at radius 1 is 0.818 bits per heavy atom. The predicted molar refractivity (Wildman–Crippen MR) is 72.9 cm³/mol. The summed E-state index contributed by atoms with van der Waals surface area (Å²) in [4.78, 5) is 19.5.